The average molecular weight is 355 g/mol. The maximum atomic E-state index is 10.8. The molecule has 1 aromatic heterocycles. The van der Waals surface area contributed by atoms with Crippen molar-refractivity contribution in [1.29, 1.82) is 0 Å². The minimum Gasteiger partial charge on any atom is -0.481 e. The van der Waals surface area contributed by atoms with Crippen molar-refractivity contribution in [2.24, 2.45) is 5.41 Å². The fraction of sp³-hybridized carbons (Fsp3) is 0.429. The zero-order valence-electron chi connectivity index (χ0n) is 11.1. The number of carboxylic acid groups (broad SMARTS) is 1. The number of rotatable bonds is 5. The first-order valence-corrected chi connectivity index (χ1v) is 8.25. The van der Waals surface area contributed by atoms with E-state index in [0.29, 0.717) is 5.41 Å². The molecule has 6 heteroatoms. The third-order valence-electron chi connectivity index (χ3n) is 3.64. The van der Waals surface area contributed by atoms with Crippen LogP contribution in [0.25, 0.3) is 11.0 Å². The van der Waals surface area contributed by atoms with Crippen LogP contribution in [0.5, 0.6) is 0 Å². The number of hydrogen-bond donors (Lipinski definition) is 1. The lowest BCUT2D eigenvalue weighted by Gasteiger charge is -2.13. The second kappa shape index (κ2) is 5.07. The molecular weight excluding hydrogens is 340 g/mol. The van der Waals surface area contributed by atoms with Crippen LogP contribution in [0, 0.1) is 5.41 Å². The van der Waals surface area contributed by atoms with Crippen molar-refractivity contribution < 1.29 is 9.90 Å². The number of aliphatic carboxylic acids is 1. The van der Waals surface area contributed by atoms with Gasteiger partial charge in [-0.1, -0.05) is 34.6 Å². The molecule has 1 fully saturated rings. The smallest absolute Gasteiger partial charge is 0.313 e. The van der Waals surface area contributed by atoms with Gasteiger partial charge in [-0.05, 0) is 36.5 Å². The number of carbonyl (C=O) groups is 1. The molecule has 20 heavy (non-hydrogen) atoms. The lowest BCUT2D eigenvalue weighted by molar-refractivity contribution is -0.133. The van der Waals surface area contributed by atoms with Crippen molar-refractivity contribution >= 4 is 44.7 Å². The molecule has 0 radical (unpaired) electrons. The number of fused-ring (bicyclic) bond motifs is 1. The van der Waals surface area contributed by atoms with Crippen LogP contribution in [-0.4, -0.2) is 26.4 Å². The standard InChI is InChI=1S/C14H15BrN2O2S/c1-14(4-5-14)8-17-11-3-2-9(15)6-10(11)16-13(17)20-7-12(18)19/h2-3,6H,4-5,7-8H2,1H3,(H,18,19). The van der Waals surface area contributed by atoms with E-state index >= 15 is 0 Å². The molecule has 0 unspecified atom stereocenters. The third-order valence-corrected chi connectivity index (χ3v) is 5.10. The number of aromatic nitrogens is 2. The molecule has 1 saturated carbocycles. The number of carboxylic acids is 1. The largest absolute Gasteiger partial charge is 0.481 e. The second-order valence-electron chi connectivity index (χ2n) is 5.61. The summed E-state index contributed by atoms with van der Waals surface area (Å²) in [5.74, 6) is -0.770. The highest BCUT2D eigenvalue weighted by molar-refractivity contribution is 9.10. The van der Waals surface area contributed by atoms with Gasteiger partial charge in [-0.2, -0.15) is 0 Å². The fourth-order valence-electron chi connectivity index (χ4n) is 2.22. The van der Waals surface area contributed by atoms with E-state index in [2.05, 4.69) is 32.4 Å². The Morgan fingerprint density at radius 2 is 2.30 bits per heavy atom. The molecule has 4 nitrogen and oxygen atoms in total. The fourth-order valence-corrected chi connectivity index (χ4v) is 3.31. The minimum absolute atomic E-state index is 0.0429. The molecule has 1 aliphatic rings. The van der Waals surface area contributed by atoms with Gasteiger partial charge in [0.05, 0.1) is 16.8 Å². The van der Waals surface area contributed by atoms with Crippen molar-refractivity contribution in [3.05, 3.63) is 22.7 Å². The van der Waals surface area contributed by atoms with Crippen molar-refractivity contribution in [2.45, 2.75) is 31.5 Å². The van der Waals surface area contributed by atoms with Crippen LogP contribution in [0.1, 0.15) is 19.8 Å². The molecule has 0 spiro atoms. The highest BCUT2D eigenvalue weighted by atomic mass is 79.9. The Hall–Kier alpha value is -1.01. The van der Waals surface area contributed by atoms with E-state index in [-0.39, 0.29) is 5.75 Å². The van der Waals surface area contributed by atoms with E-state index in [4.69, 9.17) is 5.11 Å². The molecule has 0 amide bonds. The quantitative estimate of drug-likeness (QED) is 0.830. The van der Waals surface area contributed by atoms with Crippen LogP contribution in [0.2, 0.25) is 0 Å². The first kappa shape index (κ1) is 13.9. The van der Waals surface area contributed by atoms with E-state index in [1.165, 1.54) is 24.6 Å². The van der Waals surface area contributed by atoms with E-state index < -0.39 is 5.97 Å². The van der Waals surface area contributed by atoms with Crippen LogP contribution in [0.3, 0.4) is 0 Å². The van der Waals surface area contributed by atoms with Crippen molar-refractivity contribution in [1.82, 2.24) is 9.55 Å². The summed E-state index contributed by atoms with van der Waals surface area (Å²) in [5.41, 5.74) is 2.34. The van der Waals surface area contributed by atoms with E-state index in [1.807, 2.05) is 18.2 Å². The van der Waals surface area contributed by atoms with Gasteiger partial charge >= 0.3 is 5.97 Å². The second-order valence-corrected chi connectivity index (χ2v) is 7.46. The Bertz CT molecular complexity index is 679. The lowest BCUT2D eigenvalue weighted by atomic mass is 10.1. The summed E-state index contributed by atoms with van der Waals surface area (Å²) in [4.78, 5) is 15.4. The zero-order valence-corrected chi connectivity index (χ0v) is 13.5. The predicted molar refractivity (Wildman–Crippen MR) is 83.1 cm³/mol. The molecule has 1 aromatic carbocycles. The molecule has 0 bridgehead atoms. The van der Waals surface area contributed by atoms with Gasteiger partial charge in [0, 0.05) is 11.0 Å². The summed E-state index contributed by atoms with van der Waals surface area (Å²) in [7, 11) is 0. The van der Waals surface area contributed by atoms with Crippen LogP contribution in [-0.2, 0) is 11.3 Å². The topological polar surface area (TPSA) is 55.1 Å². The number of benzene rings is 1. The molecular formula is C14H15BrN2O2S. The first-order chi connectivity index (χ1) is 9.47. The Kier molecular flexibility index (Phi) is 3.54. The van der Waals surface area contributed by atoms with Gasteiger partial charge in [-0.25, -0.2) is 4.98 Å². The van der Waals surface area contributed by atoms with Crippen LogP contribution in [0.4, 0.5) is 0 Å². The Labute approximate surface area is 129 Å². The van der Waals surface area contributed by atoms with Crippen LogP contribution in [0.15, 0.2) is 27.8 Å². The van der Waals surface area contributed by atoms with Gasteiger partial charge in [0.2, 0.25) is 0 Å². The number of halogens is 1. The molecule has 0 atom stereocenters. The SMILES string of the molecule is CC1(Cn2c(SCC(=O)O)nc3cc(Br)ccc32)CC1. The van der Waals surface area contributed by atoms with Gasteiger partial charge < -0.3 is 9.67 Å². The molecule has 0 saturated heterocycles. The maximum Gasteiger partial charge on any atom is 0.313 e. The highest BCUT2D eigenvalue weighted by Gasteiger charge is 2.38. The number of nitrogens with zero attached hydrogens (tertiary/aromatic N) is 2. The summed E-state index contributed by atoms with van der Waals surface area (Å²) in [6.45, 7) is 3.18. The Balaban J connectivity index is 2.01. The Morgan fingerprint density at radius 1 is 1.55 bits per heavy atom. The predicted octanol–water partition coefficient (Wildman–Crippen LogP) is 3.78. The normalized spacial score (nSPS) is 16.5. The van der Waals surface area contributed by atoms with Gasteiger partial charge in [-0.3, -0.25) is 4.79 Å². The molecule has 2 aromatic rings. The average Bonchev–Trinajstić information content (AvgIpc) is 3.00. The molecule has 1 heterocycles. The number of hydrogen-bond acceptors (Lipinski definition) is 3. The van der Waals surface area contributed by atoms with Gasteiger partial charge in [0.1, 0.15) is 0 Å². The van der Waals surface area contributed by atoms with Crippen LogP contribution < -0.4 is 0 Å². The third kappa shape index (κ3) is 2.86. The molecule has 106 valence electrons. The van der Waals surface area contributed by atoms with Gasteiger partial charge in [0.25, 0.3) is 0 Å². The minimum atomic E-state index is -0.813. The first-order valence-electron chi connectivity index (χ1n) is 6.47. The monoisotopic (exact) mass is 354 g/mol. The molecule has 1 N–H and O–H groups in total. The summed E-state index contributed by atoms with van der Waals surface area (Å²) in [6, 6.07) is 6.02. The van der Waals surface area contributed by atoms with E-state index in [1.54, 1.807) is 0 Å². The zero-order chi connectivity index (χ0) is 14.3. The highest BCUT2D eigenvalue weighted by Crippen LogP contribution is 2.47. The molecule has 1 aliphatic carbocycles. The number of imidazole rings is 1. The van der Waals surface area contributed by atoms with Crippen molar-refractivity contribution in [3.63, 3.8) is 0 Å². The summed E-state index contributed by atoms with van der Waals surface area (Å²) in [5, 5.41) is 9.66. The van der Waals surface area contributed by atoms with Gasteiger partial charge in [0.15, 0.2) is 5.16 Å². The molecule has 0 aliphatic heterocycles. The lowest BCUT2D eigenvalue weighted by Crippen LogP contribution is -2.10. The summed E-state index contributed by atoms with van der Waals surface area (Å²) >= 11 is 4.74. The van der Waals surface area contributed by atoms with Gasteiger partial charge in [-0.15, -0.1) is 0 Å². The van der Waals surface area contributed by atoms with Crippen LogP contribution >= 0.6 is 27.7 Å². The van der Waals surface area contributed by atoms with E-state index in [9.17, 15) is 4.79 Å². The maximum absolute atomic E-state index is 10.8. The Morgan fingerprint density at radius 3 is 2.95 bits per heavy atom. The number of thioether (sulfide) groups is 1. The van der Waals surface area contributed by atoms with Crippen molar-refractivity contribution in [3.8, 4) is 0 Å². The van der Waals surface area contributed by atoms with E-state index in [0.717, 1.165) is 27.2 Å². The summed E-state index contributed by atoms with van der Waals surface area (Å²) < 4.78 is 3.16. The van der Waals surface area contributed by atoms with Crippen molar-refractivity contribution in [2.75, 3.05) is 5.75 Å². The molecule has 3 rings (SSSR count). The summed E-state index contributed by atoms with van der Waals surface area (Å²) in [6.07, 6.45) is 2.46.